The summed E-state index contributed by atoms with van der Waals surface area (Å²) in [4.78, 5) is 10.9. The van der Waals surface area contributed by atoms with Crippen molar-refractivity contribution in [3.8, 4) is 0 Å². The third-order valence-corrected chi connectivity index (χ3v) is 3.25. The van der Waals surface area contributed by atoms with Crippen molar-refractivity contribution in [1.29, 1.82) is 0 Å². The van der Waals surface area contributed by atoms with E-state index in [-0.39, 0.29) is 0 Å². The average Bonchev–Trinajstić information content (AvgIpc) is 2.71. The Labute approximate surface area is 99.5 Å². The number of hydrogen-bond donors (Lipinski definition) is 0. The number of aromatic nitrogens is 1. The van der Waals surface area contributed by atoms with Gasteiger partial charge in [-0.05, 0) is 19.1 Å². The van der Waals surface area contributed by atoms with Crippen molar-refractivity contribution in [1.82, 2.24) is 4.57 Å². The Morgan fingerprint density at radius 2 is 1.82 bits per heavy atom. The van der Waals surface area contributed by atoms with Crippen LogP contribution in [0.2, 0.25) is 0 Å². The molecule has 0 saturated carbocycles. The molecule has 0 fully saturated rings. The number of nitrogens with zero attached hydrogens (tertiary/aromatic N) is 1. The number of fused-ring (bicyclic) bond motifs is 3. The molecule has 0 bridgehead atoms. The molecule has 2 heteroatoms. The summed E-state index contributed by atoms with van der Waals surface area (Å²) >= 11 is 0. The van der Waals surface area contributed by atoms with Gasteiger partial charge in [0.05, 0.1) is 0 Å². The minimum absolute atomic E-state index is 0.731. The number of aldehydes is 1. The maximum Gasteiger partial charge on any atom is 0.150 e. The Kier molecular flexibility index (Phi) is 2.22. The van der Waals surface area contributed by atoms with E-state index in [4.69, 9.17) is 0 Å². The second kappa shape index (κ2) is 3.74. The molecular formula is C15H13NO. The zero-order valence-corrected chi connectivity index (χ0v) is 9.68. The van der Waals surface area contributed by atoms with Crippen LogP contribution in [-0.2, 0) is 6.54 Å². The van der Waals surface area contributed by atoms with Gasteiger partial charge in [-0.3, -0.25) is 4.79 Å². The molecule has 3 aromatic rings. The highest BCUT2D eigenvalue weighted by Crippen LogP contribution is 2.29. The topological polar surface area (TPSA) is 22.0 Å². The molecule has 0 aliphatic rings. The van der Waals surface area contributed by atoms with Crippen LogP contribution in [0.15, 0.2) is 42.5 Å². The van der Waals surface area contributed by atoms with Gasteiger partial charge < -0.3 is 4.57 Å². The Bertz CT molecular complexity index is 709. The summed E-state index contributed by atoms with van der Waals surface area (Å²) in [6.45, 7) is 3.03. The molecule has 84 valence electrons. The molecule has 2 aromatic carbocycles. The second-order valence-corrected chi connectivity index (χ2v) is 4.16. The van der Waals surface area contributed by atoms with Crippen molar-refractivity contribution in [2.45, 2.75) is 13.5 Å². The smallest absolute Gasteiger partial charge is 0.150 e. The van der Waals surface area contributed by atoms with E-state index in [0.717, 1.165) is 23.9 Å². The summed E-state index contributed by atoms with van der Waals surface area (Å²) in [7, 11) is 0. The van der Waals surface area contributed by atoms with E-state index in [1.165, 1.54) is 16.3 Å². The van der Waals surface area contributed by atoms with Crippen molar-refractivity contribution in [2.24, 2.45) is 0 Å². The largest absolute Gasteiger partial charge is 0.341 e. The zero-order chi connectivity index (χ0) is 11.8. The van der Waals surface area contributed by atoms with Crippen LogP contribution in [0, 0.1) is 0 Å². The summed E-state index contributed by atoms with van der Waals surface area (Å²) < 4.78 is 2.25. The minimum Gasteiger partial charge on any atom is -0.341 e. The van der Waals surface area contributed by atoms with Gasteiger partial charge in [0.25, 0.3) is 0 Å². The molecule has 0 saturated heterocycles. The fourth-order valence-corrected chi connectivity index (χ4v) is 2.48. The lowest BCUT2D eigenvalue weighted by atomic mass is 10.1. The van der Waals surface area contributed by atoms with Crippen LogP contribution in [0.25, 0.3) is 21.8 Å². The number of para-hydroxylation sites is 1. The Hall–Kier alpha value is -2.09. The second-order valence-electron chi connectivity index (χ2n) is 4.16. The number of carbonyl (C=O) groups is 1. The predicted octanol–water partition coefficient (Wildman–Crippen LogP) is 3.63. The third-order valence-electron chi connectivity index (χ3n) is 3.25. The summed E-state index contributed by atoms with van der Waals surface area (Å²) in [6.07, 6.45) is 0.900. The molecule has 0 radical (unpaired) electrons. The van der Waals surface area contributed by atoms with Gasteiger partial charge in [-0.25, -0.2) is 0 Å². The molecule has 0 spiro atoms. The number of rotatable bonds is 2. The maximum atomic E-state index is 10.9. The standard InChI is InChI=1S/C15H13NO/c1-2-16-14-6-4-3-5-12(14)13-8-7-11(10-17)9-15(13)16/h3-10H,2H2,1H3. The fraction of sp³-hybridized carbons (Fsp3) is 0.133. The Morgan fingerprint density at radius 3 is 2.59 bits per heavy atom. The summed E-state index contributed by atoms with van der Waals surface area (Å²) in [5.41, 5.74) is 3.10. The monoisotopic (exact) mass is 223 g/mol. The van der Waals surface area contributed by atoms with Crippen LogP contribution in [-0.4, -0.2) is 10.9 Å². The molecule has 0 aliphatic carbocycles. The molecule has 0 aliphatic heterocycles. The lowest BCUT2D eigenvalue weighted by molar-refractivity contribution is 0.112. The van der Waals surface area contributed by atoms with E-state index in [1.54, 1.807) is 0 Å². The number of carbonyl (C=O) groups excluding carboxylic acids is 1. The van der Waals surface area contributed by atoms with E-state index in [1.807, 2.05) is 24.3 Å². The molecule has 0 N–H and O–H groups in total. The van der Waals surface area contributed by atoms with Crippen molar-refractivity contribution in [3.63, 3.8) is 0 Å². The maximum absolute atomic E-state index is 10.9. The van der Waals surface area contributed by atoms with Crippen LogP contribution >= 0.6 is 0 Å². The van der Waals surface area contributed by atoms with Gasteiger partial charge in [-0.2, -0.15) is 0 Å². The number of aryl methyl sites for hydroxylation is 1. The molecule has 0 atom stereocenters. The van der Waals surface area contributed by atoms with Gasteiger partial charge in [-0.1, -0.05) is 30.3 Å². The molecule has 17 heavy (non-hydrogen) atoms. The summed E-state index contributed by atoms with van der Waals surface area (Å²) in [6, 6.07) is 14.2. The summed E-state index contributed by atoms with van der Waals surface area (Å²) in [5.74, 6) is 0. The van der Waals surface area contributed by atoms with E-state index < -0.39 is 0 Å². The van der Waals surface area contributed by atoms with E-state index in [0.29, 0.717) is 0 Å². The van der Waals surface area contributed by atoms with Gasteiger partial charge in [0.15, 0.2) is 0 Å². The quantitative estimate of drug-likeness (QED) is 0.608. The van der Waals surface area contributed by atoms with Crippen LogP contribution in [0.5, 0.6) is 0 Å². The van der Waals surface area contributed by atoms with E-state index >= 15 is 0 Å². The highest BCUT2D eigenvalue weighted by Gasteiger charge is 2.08. The lowest BCUT2D eigenvalue weighted by Crippen LogP contribution is -1.93. The average molecular weight is 223 g/mol. The number of benzene rings is 2. The van der Waals surface area contributed by atoms with Crippen molar-refractivity contribution >= 4 is 28.1 Å². The van der Waals surface area contributed by atoms with E-state index in [2.05, 4.69) is 29.7 Å². The first kappa shape index (κ1) is 10.1. The van der Waals surface area contributed by atoms with Crippen molar-refractivity contribution < 1.29 is 4.79 Å². The molecule has 1 heterocycles. The Morgan fingerprint density at radius 1 is 1.06 bits per heavy atom. The Balaban J connectivity index is 2.53. The van der Waals surface area contributed by atoms with Gasteiger partial charge >= 0.3 is 0 Å². The lowest BCUT2D eigenvalue weighted by Gasteiger charge is -2.02. The van der Waals surface area contributed by atoms with Crippen LogP contribution in [0.3, 0.4) is 0 Å². The first-order chi connectivity index (χ1) is 8.35. The normalized spacial score (nSPS) is 11.1. The molecule has 3 rings (SSSR count). The third kappa shape index (κ3) is 1.37. The van der Waals surface area contributed by atoms with Gasteiger partial charge in [0, 0.05) is 33.9 Å². The zero-order valence-electron chi connectivity index (χ0n) is 9.68. The molecule has 0 amide bonds. The highest BCUT2D eigenvalue weighted by atomic mass is 16.1. The predicted molar refractivity (Wildman–Crippen MR) is 70.5 cm³/mol. The van der Waals surface area contributed by atoms with Crippen LogP contribution in [0.4, 0.5) is 0 Å². The molecule has 2 nitrogen and oxygen atoms in total. The SMILES string of the molecule is CCn1c2ccccc2c2ccc(C=O)cc21. The van der Waals surface area contributed by atoms with Crippen LogP contribution in [0.1, 0.15) is 17.3 Å². The fourth-order valence-electron chi connectivity index (χ4n) is 2.48. The van der Waals surface area contributed by atoms with Crippen molar-refractivity contribution in [3.05, 3.63) is 48.0 Å². The molecule has 0 unspecified atom stereocenters. The molecular weight excluding hydrogens is 210 g/mol. The summed E-state index contributed by atoms with van der Waals surface area (Å²) in [5, 5.41) is 2.47. The highest BCUT2D eigenvalue weighted by molar-refractivity contribution is 6.09. The number of hydrogen-bond acceptors (Lipinski definition) is 1. The molecule has 1 aromatic heterocycles. The van der Waals surface area contributed by atoms with E-state index in [9.17, 15) is 4.79 Å². The first-order valence-corrected chi connectivity index (χ1v) is 5.81. The van der Waals surface area contributed by atoms with Crippen LogP contribution < -0.4 is 0 Å². The van der Waals surface area contributed by atoms with Gasteiger partial charge in [0.1, 0.15) is 6.29 Å². The minimum atomic E-state index is 0.731. The van der Waals surface area contributed by atoms with Gasteiger partial charge in [0.2, 0.25) is 0 Å². The van der Waals surface area contributed by atoms with Crippen molar-refractivity contribution in [2.75, 3.05) is 0 Å². The van der Waals surface area contributed by atoms with Gasteiger partial charge in [-0.15, -0.1) is 0 Å². The first-order valence-electron chi connectivity index (χ1n) is 5.81.